The number of hydrogen-bond acceptors (Lipinski definition) is 4. The van der Waals surface area contributed by atoms with E-state index >= 15 is 0 Å². The molecule has 0 spiro atoms. The molecule has 0 aliphatic carbocycles. The van der Waals surface area contributed by atoms with Crippen LogP contribution in [0.5, 0.6) is 11.5 Å². The molecule has 0 fully saturated rings. The van der Waals surface area contributed by atoms with E-state index in [2.05, 4.69) is 12.2 Å². The van der Waals surface area contributed by atoms with Crippen LogP contribution in [0.3, 0.4) is 0 Å². The number of hydrogen-bond donors (Lipinski definition) is 1. The lowest BCUT2D eigenvalue weighted by Gasteiger charge is -2.16. The Kier molecular flexibility index (Phi) is 8.42. The maximum atomic E-state index is 6.11. The molecule has 1 N–H and O–H groups in total. The Labute approximate surface area is 126 Å². The van der Waals surface area contributed by atoms with Gasteiger partial charge in [0.25, 0.3) is 0 Å². The first-order chi connectivity index (χ1) is 9.72. The van der Waals surface area contributed by atoms with Crippen molar-refractivity contribution in [3.05, 3.63) is 22.7 Å². The van der Waals surface area contributed by atoms with Crippen molar-refractivity contribution in [2.24, 2.45) is 0 Å². The monoisotopic (exact) mass is 301 g/mol. The van der Waals surface area contributed by atoms with Crippen LogP contribution in [0, 0.1) is 0 Å². The molecule has 0 aliphatic rings. The predicted molar refractivity (Wildman–Crippen MR) is 82.0 cm³/mol. The van der Waals surface area contributed by atoms with Gasteiger partial charge in [-0.15, -0.1) is 0 Å². The first kappa shape index (κ1) is 17.1. The van der Waals surface area contributed by atoms with Gasteiger partial charge in [0.2, 0.25) is 0 Å². The quantitative estimate of drug-likeness (QED) is 0.673. The minimum Gasteiger partial charge on any atom is -0.493 e. The zero-order valence-corrected chi connectivity index (χ0v) is 13.3. The summed E-state index contributed by atoms with van der Waals surface area (Å²) in [5, 5.41) is 3.94. The lowest BCUT2D eigenvalue weighted by atomic mass is 10.1. The Hall–Kier alpha value is -0.970. The molecule has 0 bridgehead atoms. The topological polar surface area (TPSA) is 39.7 Å². The molecule has 0 saturated carbocycles. The molecule has 0 unspecified atom stereocenters. The molecule has 0 atom stereocenters. The van der Waals surface area contributed by atoms with Gasteiger partial charge in [0, 0.05) is 36.9 Å². The Bertz CT molecular complexity index is 399. The van der Waals surface area contributed by atoms with Gasteiger partial charge in [-0.05, 0) is 12.5 Å². The van der Waals surface area contributed by atoms with Crippen molar-refractivity contribution in [1.29, 1.82) is 0 Å². The highest BCUT2D eigenvalue weighted by Gasteiger charge is 2.12. The minimum atomic E-state index is 0.647. The third-order valence-corrected chi connectivity index (χ3v) is 3.08. The second-order valence-electron chi connectivity index (χ2n) is 4.47. The SMILES string of the molecule is CCCCOc1c(CNCCOC)cc(Cl)cc1OC. The van der Waals surface area contributed by atoms with Crippen LogP contribution < -0.4 is 14.8 Å². The van der Waals surface area contributed by atoms with Crippen LogP contribution in [-0.4, -0.2) is 34.0 Å². The van der Waals surface area contributed by atoms with Crippen LogP contribution in [0.25, 0.3) is 0 Å². The predicted octanol–water partition coefficient (Wildman–Crippen LogP) is 3.26. The van der Waals surface area contributed by atoms with Crippen LogP contribution in [0.15, 0.2) is 12.1 Å². The van der Waals surface area contributed by atoms with Gasteiger partial charge >= 0.3 is 0 Å². The van der Waals surface area contributed by atoms with Gasteiger partial charge in [-0.1, -0.05) is 24.9 Å². The molecule has 0 amide bonds. The number of benzene rings is 1. The lowest BCUT2D eigenvalue weighted by Crippen LogP contribution is -2.19. The second-order valence-corrected chi connectivity index (χ2v) is 4.90. The Balaban J connectivity index is 2.79. The number of methoxy groups -OCH3 is 2. The summed E-state index contributed by atoms with van der Waals surface area (Å²) in [5.41, 5.74) is 1.00. The number of rotatable bonds is 10. The normalized spacial score (nSPS) is 10.6. The zero-order valence-electron chi connectivity index (χ0n) is 12.5. The molecule has 1 aromatic carbocycles. The van der Waals surface area contributed by atoms with E-state index in [1.807, 2.05) is 6.07 Å². The number of unbranched alkanes of at least 4 members (excludes halogenated alkanes) is 1. The van der Waals surface area contributed by atoms with Crippen molar-refractivity contribution in [3.63, 3.8) is 0 Å². The van der Waals surface area contributed by atoms with E-state index in [1.165, 1.54) is 0 Å². The summed E-state index contributed by atoms with van der Waals surface area (Å²) in [7, 11) is 3.31. The standard InChI is InChI=1S/C15H24ClNO3/c1-4-5-7-20-15-12(11-17-6-8-18-2)9-13(16)10-14(15)19-3/h9-10,17H,4-8,11H2,1-3H3. The van der Waals surface area contributed by atoms with Crippen molar-refractivity contribution in [2.45, 2.75) is 26.3 Å². The van der Waals surface area contributed by atoms with E-state index in [0.29, 0.717) is 30.5 Å². The fourth-order valence-electron chi connectivity index (χ4n) is 1.79. The van der Waals surface area contributed by atoms with Gasteiger partial charge in [-0.25, -0.2) is 0 Å². The molecule has 20 heavy (non-hydrogen) atoms. The van der Waals surface area contributed by atoms with Gasteiger partial charge in [0.15, 0.2) is 11.5 Å². The van der Waals surface area contributed by atoms with Crippen LogP contribution in [0.1, 0.15) is 25.3 Å². The third-order valence-electron chi connectivity index (χ3n) is 2.86. The van der Waals surface area contributed by atoms with Crippen molar-refractivity contribution < 1.29 is 14.2 Å². The first-order valence-corrected chi connectivity index (χ1v) is 7.29. The molecule has 4 nitrogen and oxygen atoms in total. The van der Waals surface area contributed by atoms with E-state index in [-0.39, 0.29) is 0 Å². The number of halogens is 1. The van der Waals surface area contributed by atoms with Gasteiger partial charge in [-0.2, -0.15) is 0 Å². The average molecular weight is 302 g/mol. The number of ether oxygens (including phenoxy) is 3. The third kappa shape index (κ3) is 5.57. The van der Waals surface area contributed by atoms with E-state index in [1.54, 1.807) is 20.3 Å². The molecule has 0 aliphatic heterocycles. The maximum Gasteiger partial charge on any atom is 0.165 e. The highest BCUT2D eigenvalue weighted by molar-refractivity contribution is 6.30. The van der Waals surface area contributed by atoms with Gasteiger partial charge < -0.3 is 19.5 Å². The molecular formula is C15H24ClNO3. The highest BCUT2D eigenvalue weighted by Crippen LogP contribution is 2.34. The Morgan fingerprint density at radius 1 is 1.20 bits per heavy atom. The van der Waals surface area contributed by atoms with Crippen molar-refractivity contribution >= 4 is 11.6 Å². The van der Waals surface area contributed by atoms with Crippen molar-refractivity contribution in [1.82, 2.24) is 5.32 Å². The molecule has 0 heterocycles. The Morgan fingerprint density at radius 3 is 2.65 bits per heavy atom. The van der Waals surface area contributed by atoms with Crippen LogP contribution in [0.4, 0.5) is 0 Å². The van der Waals surface area contributed by atoms with Crippen molar-refractivity contribution in [3.8, 4) is 11.5 Å². The van der Waals surface area contributed by atoms with Crippen LogP contribution in [-0.2, 0) is 11.3 Å². The fourth-order valence-corrected chi connectivity index (χ4v) is 2.02. The van der Waals surface area contributed by atoms with Crippen molar-refractivity contribution in [2.75, 3.05) is 34.0 Å². The first-order valence-electron chi connectivity index (χ1n) is 6.91. The summed E-state index contributed by atoms with van der Waals surface area (Å²) in [4.78, 5) is 0. The summed E-state index contributed by atoms with van der Waals surface area (Å²) in [6.07, 6.45) is 2.11. The second kappa shape index (κ2) is 9.86. The summed E-state index contributed by atoms with van der Waals surface area (Å²) in [6, 6.07) is 3.69. The molecule has 1 aromatic rings. The van der Waals surface area contributed by atoms with Gasteiger partial charge in [0.05, 0.1) is 20.3 Å². The molecular weight excluding hydrogens is 278 g/mol. The fraction of sp³-hybridized carbons (Fsp3) is 0.600. The minimum absolute atomic E-state index is 0.647. The summed E-state index contributed by atoms with van der Waals surface area (Å²) < 4.78 is 16.2. The summed E-state index contributed by atoms with van der Waals surface area (Å²) >= 11 is 6.11. The zero-order chi connectivity index (χ0) is 14.8. The Morgan fingerprint density at radius 2 is 2.00 bits per heavy atom. The van der Waals surface area contributed by atoms with E-state index < -0.39 is 0 Å². The van der Waals surface area contributed by atoms with Crippen LogP contribution >= 0.6 is 11.6 Å². The smallest absolute Gasteiger partial charge is 0.165 e. The average Bonchev–Trinajstić information content (AvgIpc) is 2.45. The maximum absolute atomic E-state index is 6.11. The lowest BCUT2D eigenvalue weighted by molar-refractivity contribution is 0.199. The molecule has 0 saturated heterocycles. The number of nitrogens with one attached hydrogen (secondary N) is 1. The molecule has 0 radical (unpaired) electrons. The van der Waals surface area contributed by atoms with E-state index in [0.717, 1.165) is 30.7 Å². The molecule has 114 valence electrons. The van der Waals surface area contributed by atoms with Gasteiger partial charge in [0.1, 0.15) is 0 Å². The molecule has 1 rings (SSSR count). The van der Waals surface area contributed by atoms with E-state index in [4.69, 9.17) is 25.8 Å². The molecule has 0 aromatic heterocycles. The van der Waals surface area contributed by atoms with Gasteiger partial charge in [-0.3, -0.25) is 0 Å². The van der Waals surface area contributed by atoms with Crippen LogP contribution in [0.2, 0.25) is 5.02 Å². The molecule has 5 heteroatoms. The van der Waals surface area contributed by atoms with E-state index in [9.17, 15) is 0 Å². The summed E-state index contributed by atoms with van der Waals surface area (Å²) in [6.45, 7) is 4.93. The highest BCUT2D eigenvalue weighted by atomic mass is 35.5. The largest absolute Gasteiger partial charge is 0.493 e. The summed E-state index contributed by atoms with van der Waals surface area (Å²) in [5.74, 6) is 1.45.